The number of halogens is 1. The fourth-order valence-electron chi connectivity index (χ4n) is 0.420. The first-order valence-electron chi connectivity index (χ1n) is 3.01. The first-order chi connectivity index (χ1) is 5.07. The molecular formula is C6H10ClNO3. The molecule has 1 atom stereocenters. The predicted molar refractivity (Wildman–Crippen MR) is 41.3 cm³/mol. The van der Waals surface area contributed by atoms with Gasteiger partial charge in [0.25, 0.3) is 0 Å². The molecule has 0 radical (unpaired) electrons. The highest BCUT2D eigenvalue weighted by atomic mass is 35.5. The maximum atomic E-state index is 10.1. The van der Waals surface area contributed by atoms with Gasteiger partial charge in [-0.05, 0) is 6.42 Å². The zero-order valence-electron chi connectivity index (χ0n) is 5.83. The molecule has 5 heteroatoms. The first-order valence-corrected chi connectivity index (χ1v) is 3.39. The highest BCUT2D eigenvalue weighted by Crippen LogP contribution is 2.02. The predicted octanol–water partition coefficient (Wildman–Crippen LogP) is -0.0966. The lowest BCUT2D eigenvalue weighted by molar-refractivity contribution is -0.138. The molecule has 0 aliphatic carbocycles. The van der Waals surface area contributed by atoms with E-state index in [1.54, 1.807) is 0 Å². The monoisotopic (exact) mass is 179 g/mol. The van der Waals surface area contributed by atoms with Crippen LogP contribution in [-0.2, 0) is 4.79 Å². The minimum Gasteiger partial charge on any atom is -0.480 e. The summed E-state index contributed by atoms with van der Waals surface area (Å²) in [5.74, 6) is -1.08. The van der Waals surface area contributed by atoms with Crippen molar-refractivity contribution in [1.82, 2.24) is 0 Å². The van der Waals surface area contributed by atoms with Crippen molar-refractivity contribution in [1.29, 1.82) is 0 Å². The van der Waals surface area contributed by atoms with Gasteiger partial charge in [0.05, 0.1) is 6.61 Å². The molecule has 0 aliphatic heterocycles. The van der Waals surface area contributed by atoms with Crippen LogP contribution in [0.15, 0.2) is 11.1 Å². The largest absolute Gasteiger partial charge is 0.480 e. The Morgan fingerprint density at radius 2 is 2.27 bits per heavy atom. The van der Waals surface area contributed by atoms with Gasteiger partial charge in [-0.25, -0.2) is 0 Å². The normalized spacial score (nSPS) is 14.6. The standard InChI is InChI=1S/C6H10ClNO3/c7-4(3-9)1-2-5(8)6(10)11/h1,5,9H,2-3,8H2,(H,10,11)/b4-1-. The lowest BCUT2D eigenvalue weighted by atomic mass is 10.2. The third-order valence-corrected chi connectivity index (χ3v) is 1.34. The van der Waals surface area contributed by atoms with Crippen LogP contribution in [0.3, 0.4) is 0 Å². The zero-order valence-corrected chi connectivity index (χ0v) is 6.58. The van der Waals surface area contributed by atoms with Gasteiger partial charge in [-0.3, -0.25) is 4.79 Å². The van der Waals surface area contributed by atoms with Crippen molar-refractivity contribution in [3.8, 4) is 0 Å². The molecule has 0 amide bonds. The molecule has 4 N–H and O–H groups in total. The summed E-state index contributed by atoms with van der Waals surface area (Å²) in [6.07, 6.45) is 1.52. The molecule has 0 rings (SSSR count). The smallest absolute Gasteiger partial charge is 0.320 e. The second kappa shape index (κ2) is 5.12. The third-order valence-electron chi connectivity index (χ3n) is 1.06. The van der Waals surface area contributed by atoms with Crippen LogP contribution in [0.25, 0.3) is 0 Å². The first kappa shape index (κ1) is 10.4. The number of hydrogen-bond acceptors (Lipinski definition) is 3. The van der Waals surface area contributed by atoms with Gasteiger partial charge in [0.1, 0.15) is 6.04 Å². The molecule has 4 nitrogen and oxygen atoms in total. The molecular weight excluding hydrogens is 170 g/mol. The summed E-state index contributed by atoms with van der Waals surface area (Å²) in [6, 6.07) is -0.949. The Balaban J connectivity index is 3.78. The van der Waals surface area contributed by atoms with Gasteiger partial charge in [0, 0.05) is 5.03 Å². The number of aliphatic hydroxyl groups is 1. The summed E-state index contributed by atoms with van der Waals surface area (Å²) < 4.78 is 0. The molecule has 0 aromatic carbocycles. The molecule has 1 unspecified atom stereocenters. The van der Waals surface area contributed by atoms with E-state index < -0.39 is 12.0 Å². The van der Waals surface area contributed by atoms with Gasteiger partial charge in [-0.1, -0.05) is 17.7 Å². The number of aliphatic hydroxyl groups excluding tert-OH is 1. The molecule has 0 heterocycles. The van der Waals surface area contributed by atoms with Crippen molar-refractivity contribution in [3.63, 3.8) is 0 Å². The Morgan fingerprint density at radius 1 is 1.73 bits per heavy atom. The highest BCUT2D eigenvalue weighted by Gasteiger charge is 2.08. The van der Waals surface area contributed by atoms with E-state index >= 15 is 0 Å². The molecule has 0 saturated carbocycles. The number of nitrogens with two attached hydrogens (primary N) is 1. The van der Waals surface area contributed by atoms with Crippen LogP contribution in [0.5, 0.6) is 0 Å². The molecule has 0 aromatic heterocycles. The van der Waals surface area contributed by atoms with E-state index in [9.17, 15) is 4.79 Å². The topological polar surface area (TPSA) is 83.5 Å². The van der Waals surface area contributed by atoms with Crippen molar-refractivity contribution in [2.75, 3.05) is 6.61 Å². The minimum absolute atomic E-state index is 0.134. The van der Waals surface area contributed by atoms with Gasteiger partial charge in [-0.2, -0.15) is 0 Å². The number of carboxylic acids is 1. The van der Waals surface area contributed by atoms with Crippen molar-refractivity contribution < 1.29 is 15.0 Å². The van der Waals surface area contributed by atoms with E-state index in [0.29, 0.717) is 0 Å². The Morgan fingerprint density at radius 3 is 2.64 bits per heavy atom. The summed E-state index contributed by atoms with van der Waals surface area (Å²) in [7, 11) is 0. The maximum absolute atomic E-state index is 10.1. The lowest BCUT2D eigenvalue weighted by Crippen LogP contribution is -2.29. The fourth-order valence-corrected chi connectivity index (χ4v) is 0.509. The van der Waals surface area contributed by atoms with Crippen LogP contribution in [-0.4, -0.2) is 28.8 Å². The zero-order chi connectivity index (χ0) is 8.85. The van der Waals surface area contributed by atoms with Gasteiger partial charge < -0.3 is 15.9 Å². The second-order valence-corrected chi connectivity index (χ2v) is 2.48. The summed E-state index contributed by atoms with van der Waals surface area (Å²) in [6.45, 7) is -0.284. The van der Waals surface area contributed by atoms with Gasteiger partial charge >= 0.3 is 5.97 Å². The van der Waals surface area contributed by atoms with Crippen LogP contribution in [0.1, 0.15) is 6.42 Å². The second-order valence-electron chi connectivity index (χ2n) is 1.99. The fraction of sp³-hybridized carbons (Fsp3) is 0.500. The number of hydrogen-bond donors (Lipinski definition) is 3. The van der Waals surface area contributed by atoms with Crippen molar-refractivity contribution >= 4 is 17.6 Å². The number of rotatable bonds is 4. The van der Waals surface area contributed by atoms with E-state index in [-0.39, 0.29) is 18.1 Å². The highest BCUT2D eigenvalue weighted by molar-refractivity contribution is 6.29. The van der Waals surface area contributed by atoms with Crippen LogP contribution in [0.2, 0.25) is 0 Å². The molecule has 11 heavy (non-hydrogen) atoms. The number of aliphatic carboxylic acids is 1. The van der Waals surface area contributed by atoms with Gasteiger partial charge in [0.2, 0.25) is 0 Å². The molecule has 0 aliphatic rings. The van der Waals surface area contributed by atoms with E-state index in [1.807, 2.05) is 0 Å². The van der Waals surface area contributed by atoms with Crippen LogP contribution in [0.4, 0.5) is 0 Å². The Kier molecular flexibility index (Phi) is 4.85. The molecule has 64 valence electrons. The SMILES string of the molecule is NC(C/C=C(\Cl)CO)C(=O)O. The van der Waals surface area contributed by atoms with E-state index in [1.165, 1.54) is 6.08 Å². The molecule has 0 aromatic rings. The summed E-state index contributed by atoms with van der Waals surface area (Å²) in [4.78, 5) is 10.1. The molecule has 0 saturated heterocycles. The summed E-state index contributed by atoms with van der Waals surface area (Å²) >= 11 is 5.38. The molecule has 0 bridgehead atoms. The van der Waals surface area contributed by atoms with Crippen molar-refractivity contribution in [2.45, 2.75) is 12.5 Å². The molecule has 0 spiro atoms. The van der Waals surface area contributed by atoms with Crippen molar-refractivity contribution in [3.05, 3.63) is 11.1 Å². The number of carboxylic acid groups (broad SMARTS) is 1. The van der Waals surface area contributed by atoms with Crippen LogP contribution >= 0.6 is 11.6 Å². The summed E-state index contributed by atoms with van der Waals surface area (Å²) in [5.41, 5.74) is 5.14. The van der Waals surface area contributed by atoms with Gasteiger partial charge in [0.15, 0.2) is 0 Å². The lowest BCUT2D eigenvalue weighted by Gasteiger charge is -2.00. The van der Waals surface area contributed by atoms with E-state index in [2.05, 4.69) is 0 Å². The molecule has 0 fully saturated rings. The Bertz CT molecular complexity index is 169. The minimum atomic E-state index is -1.08. The quantitative estimate of drug-likeness (QED) is 0.563. The average molecular weight is 180 g/mol. The van der Waals surface area contributed by atoms with Crippen molar-refractivity contribution in [2.24, 2.45) is 5.73 Å². The van der Waals surface area contributed by atoms with Crippen LogP contribution in [0, 0.1) is 0 Å². The van der Waals surface area contributed by atoms with E-state index in [4.69, 9.17) is 27.5 Å². The maximum Gasteiger partial charge on any atom is 0.320 e. The van der Waals surface area contributed by atoms with E-state index in [0.717, 1.165) is 0 Å². The number of carbonyl (C=O) groups is 1. The van der Waals surface area contributed by atoms with Crippen LogP contribution < -0.4 is 5.73 Å². The Hall–Kier alpha value is -0.580. The third kappa shape index (κ3) is 4.78. The summed E-state index contributed by atoms with van der Waals surface area (Å²) in [5, 5.41) is 16.9. The van der Waals surface area contributed by atoms with Gasteiger partial charge in [-0.15, -0.1) is 0 Å². The Labute approximate surface area is 69.3 Å². The average Bonchev–Trinajstić information content (AvgIpc) is 1.99.